The van der Waals surface area contributed by atoms with Gasteiger partial charge in [0.1, 0.15) is 11.8 Å². The number of benzene rings is 1. The average Bonchev–Trinajstić information content (AvgIpc) is 3.00. The lowest BCUT2D eigenvalue weighted by atomic mass is 10.2. The number of carbonyl (C=O) groups is 1. The van der Waals surface area contributed by atoms with Crippen LogP contribution in [-0.4, -0.2) is 113 Å². The van der Waals surface area contributed by atoms with Gasteiger partial charge in [-0.05, 0) is 7.05 Å². The van der Waals surface area contributed by atoms with Gasteiger partial charge in [0, 0.05) is 77.6 Å². The number of rotatable bonds is 6. The van der Waals surface area contributed by atoms with Crippen molar-refractivity contribution in [2.24, 2.45) is 5.73 Å². The van der Waals surface area contributed by atoms with Gasteiger partial charge in [0.2, 0.25) is 0 Å². The number of anilines is 2. The molecule has 3 aliphatic heterocycles. The Bertz CT molecular complexity index is 785. The highest BCUT2D eigenvalue weighted by atomic mass is 19.1. The Morgan fingerprint density at radius 3 is 2.41 bits per heavy atom. The Morgan fingerprint density at radius 2 is 1.75 bits per heavy atom. The maximum atomic E-state index is 15.0. The zero-order valence-electron chi connectivity index (χ0n) is 18.5. The smallest absolute Gasteiger partial charge is 0.414 e. The summed E-state index contributed by atoms with van der Waals surface area (Å²) in [7, 11) is 2.13. The SMILES string of the molecule is CN1CCN(CCN2CCN(c3c(F)cc(N4C[C@H](CN)OC4=O)cc3F)CCO2)CC1. The van der Waals surface area contributed by atoms with Gasteiger partial charge in [0.25, 0.3) is 0 Å². The van der Waals surface area contributed by atoms with Gasteiger partial charge >= 0.3 is 6.09 Å². The number of hydrogen-bond donors (Lipinski definition) is 1. The standard InChI is InChI=1S/C21H32F2N6O3/c1-25-2-4-26(5-3-25)6-8-28-9-7-27(10-11-31-28)20-18(22)12-16(13-19(20)23)29-15-17(14-24)32-21(29)30/h12-13,17H,2-11,14-15,24H2,1H3/t17-/m0/s1. The van der Waals surface area contributed by atoms with Crippen LogP contribution in [0, 0.1) is 11.6 Å². The molecular formula is C21H32F2N6O3. The highest BCUT2D eigenvalue weighted by Crippen LogP contribution is 2.31. The van der Waals surface area contributed by atoms with E-state index in [-0.39, 0.29) is 24.5 Å². The number of cyclic esters (lactones) is 1. The quantitative estimate of drug-likeness (QED) is 0.668. The number of piperazine rings is 1. The van der Waals surface area contributed by atoms with Crippen molar-refractivity contribution in [3.8, 4) is 0 Å². The molecule has 178 valence electrons. The molecule has 0 aromatic heterocycles. The van der Waals surface area contributed by atoms with Crippen molar-refractivity contribution in [1.29, 1.82) is 0 Å². The first-order valence-corrected chi connectivity index (χ1v) is 11.2. The maximum Gasteiger partial charge on any atom is 0.414 e. The molecule has 1 amide bonds. The molecule has 0 aliphatic carbocycles. The largest absolute Gasteiger partial charge is 0.443 e. The first kappa shape index (κ1) is 23.1. The monoisotopic (exact) mass is 454 g/mol. The zero-order chi connectivity index (χ0) is 22.7. The van der Waals surface area contributed by atoms with E-state index in [0.29, 0.717) is 26.2 Å². The van der Waals surface area contributed by atoms with E-state index in [1.807, 2.05) is 5.06 Å². The van der Waals surface area contributed by atoms with E-state index in [9.17, 15) is 13.6 Å². The van der Waals surface area contributed by atoms with Gasteiger partial charge in [0.15, 0.2) is 11.6 Å². The first-order chi connectivity index (χ1) is 15.4. The van der Waals surface area contributed by atoms with E-state index in [0.717, 1.165) is 39.3 Å². The third-order valence-corrected chi connectivity index (χ3v) is 6.28. The highest BCUT2D eigenvalue weighted by Gasteiger charge is 2.33. The number of hydroxylamine groups is 2. The molecule has 9 nitrogen and oxygen atoms in total. The summed E-state index contributed by atoms with van der Waals surface area (Å²) in [5, 5.41) is 1.88. The molecule has 0 spiro atoms. The predicted octanol–water partition coefficient (Wildman–Crippen LogP) is 0.550. The van der Waals surface area contributed by atoms with Gasteiger partial charge in [-0.3, -0.25) is 14.6 Å². The summed E-state index contributed by atoms with van der Waals surface area (Å²) in [4.78, 5) is 25.4. The maximum absolute atomic E-state index is 15.0. The Labute approximate surface area is 187 Å². The number of hydrogen-bond acceptors (Lipinski definition) is 8. The molecular weight excluding hydrogens is 422 g/mol. The second-order valence-electron chi connectivity index (χ2n) is 8.50. The molecule has 2 N–H and O–H groups in total. The number of nitrogens with zero attached hydrogens (tertiary/aromatic N) is 5. The third kappa shape index (κ3) is 5.29. The Balaban J connectivity index is 1.36. The Hall–Kier alpha value is -2.05. The number of amides is 1. The van der Waals surface area contributed by atoms with Crippen LogP contribution in [0.1, 0.15) is 0 Å². The lowest BCUT2D eigenvalue weighted by Crippen LogP contribution is -2.47. The van der Waals surface area contributed by atoms with Crippen molar-refractivity contribution < 1.29 is 23.1 Å². The predicted molar refractivity (Wildman–Crippen MR) is 117 cm³/mol. The second kappa shape index (κ2) is 10.3. The molecule has 32 heavy (non-hydrogen) atoms. The van der Waals surface area contributed by atoms with Gasteiger partial charge in [-0.25, -0.2) is 13.6 Å². The van der Waals surface area contributed by atoms with Crippen LogP contribution >= 0.6 is 0 Å². The van der Waals surface area contributed by atoms with E-state index in [2.05, 4.69) is 16.8 Å². The number of carbonyl (C=O) groups excluding carboxylic acids is 1. The Morgan fingerprint density at radius 1 is 1.03 bits per heavy atom. The fourth-order valence-corrected chi connectivity index (χ4v) is 4.28. The first-order valence-electron chi connectivity index (χ1n) is 11.2. The number of halogens is 2. The van der Waals surface area contributed by atoms with Crippen molar-refractivity contribution >= 4 is 17.5 Å². The Kier molecular flexibility index (Phi) is 7.41. The zero-order valence-corrected chi connectivity index (χ0v) is 18.5. The molecule has 1 atom stereocenters. The molecule has 0 saturated carbocycles. The summed E-state index contributed by atoms with van der Waals surface area (Å²) in [6, 6.07) is 2.35. The van der Waals surface area contributed by atoms with Gasteiger partial charge < -0.3 is 20.3 Å². The van der Waals surface area contributed by atoms with E-state index >= 15 is 0 Å². The second-order valence-corrected chi connectivity index (χ2v) is 8.50. The lowest BCUT2D eigenvalue weighted by Gasteiger charge is -2.33. The minimum atomic E-state index is -0.713. The fraction of sp³-hybridized carbons (Fsp3) is 0.667. The molecule has 0 unspecified atom stereocenters. The van der Waals surface area contributed by atoms with E-state index < -0.39 is 23.8 Å². The average molecular weight is 455 g/mol. The molecule has 0 bridgehead atoms. The number of likely N-dealkylation sites (N-methyl/N-ethyl adjacent to an activating group) is 1. The molecule has 3 fully saturated rings. The van der Waals surface area contributed by atoms with Crippen LogP contribution in [0.15, 0.2) is 12.1 Å². The summed E-state index contributed by atoms with van der Waals surface area (Å²) in [5.41, 5.74) is 5.57. The summed E-state index contributed by atoms with van der Waals surface area (Å²) in [6.45, 7) is 7.89. The van der Waals surface area contributed by atoms with Crippen LogP contribution in [0.4, 0.5) is 25.0 Å². The van der Waals surface area contributed by atoms with E-state index in [4.69, 9.17) is 15.3 Å². The van der Waals surface area contributed by atoms with Gasteiger partial charge in [-0.1, -0.05) is 0 Å². The molecule has 4 rings (SSSR count). The van der Waals surface area contributed by atoms with Crippen molar-refractivity contribution in [3.63, 3.8) is 0 Å². The molecule has 1 aromatic rings. The number of nitrogens with two attached hydrogens (primary N) is 1. The summed E-state index contributed by atoms with van der Waals surface area (Å²) in [6.07, 6.45) is -1.13. The summed E-state index contributed by atoms with van der Waals surface area (Å²) >= 11 is 0. The lowest BCUT2D eigenvalue weighted by molar-refractivity contribution is -0.150. The van der Waals surface area contributed by atoms with Crippen LogP contribution in [-0.2, 0) is 9.57 Å². The van der Waals surface area contributed by atoms with Crippen molar-refractivity contribution in [2.45, 2.75) is 6.10 Å². The molecule has 3 saturated heterocycles. The van der Waals surface area contributed by atoms with Crippen LogP contribution < -0.4 is 15.5 Å². The van der Waals surface area contributed by atoms with Gasteiger partial charge in [0.05, 0.1) is 18.8 Å². The minimum absolute atomic E-state index is 0.0961. The van der Waals surface area contributed by atoms with Crippen molar-refractivity contribution in [3.05, 3.63) is 23.8 Å². The van der Waals surface area contributed by atoms with Crippen LogP contribution in [0.25, 0.3) is 0 Å². The third-order valence-electron chi connectivity index (χ3n) is 6.28. The molecule has 3 aliphatic rings. The number of ether oxygens (including phenoxy) is 1. The molecule has 1 aromatic carbocycles. The molecule has 0 radical (unpaired) electrons. The normalized spacial score (nSPS) is 24.1. The van der Waals surface area contributed by atoms with Crippen molar-refractivity contribution in [1.82, 2.24) is 14.9 Å². The van der Waals surface area contributed by atoms with Crippen molar-refractivity contribution in [2.75, 3.05) is 95.4 Å². The highest BCUT2D eigenvalue weighted by molar-refractivity contribution is 5.90. The van der Waals surface area contributed by atoms with Crippen LogP contribution in [0.3, 0.4) is 0 Å². The van der Waals surface area contributed by atoms with Gasteiger partial charge in [-0.2, -0.15) is 5.06 Å². The molecule has 3 heterocycles. The van der Waals surface area contributed by atoms with E-state index in [1.165, 1.54) is 17.0 Å². The topological polar surface area (TPSA) is 77.8 Å². The minimum Gasteiger partial charge on any atom is -0.443 e. The molecule has 11 heteroatoms. The summed E-state index contributed by atoms with van der Waals surface area (Å²) < 4.78 is 35.0. The fourth-order valence-electron chi connectivity index (χ4n) is 4.28. The van der Waals surface area contributed by atoms with Gasteiger partial charge in [-0.15, -0.1) is 0 Å². The van der Waals surface area contributed by atoms with Crippen LogP contribution in [0.5, 0.6) is 0 Å². The summed E-state index contributed by atoms with van der Waals surface area (Å²) in [5.74, 6) is -1.43. The van der Waals surface area contributed by atoms with Crippen LogP contribution in [0.2, 0.25) is 0 Å². The van der Waals surface area contributed by atoms with E-state index in [1.54, 1.807) is 4.90 Å².